The van der Waals surface area contributed by atoms with Crippen molar-refractivity contribution in [3.63, 3.8) is 0 Å². The molecular weight excluding hydrogens is 500 g/mol. The highest BCUT2D eigenvalue weighted by Gasteiger charge is 2.53. The van der Waals surface area contributed by atoms with Gasteiger partial charge in [-0.1, -0.05) is 0 Å². The summed E-state index contributed by atoms with van der Waals surface area (Å²) in [7, 11) is -10.7. The van der Waals surface area contributed by atoms with Crippen molar-refractivity contribution in [2.45, 2.75) is 21.9 Å². The van der Waals surface area contributed by atoms with E-state index in [1.54, 1.807) is 0 Å². The van der Waals surface area contributed by atoms with Crippen molar-refractivity contribution in [3.05, 3.63) is 12.1 Å². The Morgan fingerprint density at radius 2 is 1.27 bits per heavy atom. The number of ether oxygens (including phenoxy) is 1. The standard InChI is InChI=1S/C14H16N2O15S2/c17-1-2-31-13(24)14(5-10(20)21,15-8(18)3-6(11(15)22)32(25,26)27)16-9(19)4-7(12(16)23)33(28,29)30/h3-4,17-19,22-23H,1-2,5H2,(H,20,21)(H,25,26,27)(H,28,29,30). The molecule has 33 heavy (non-hydrogen) atoms. The number of carbonyl (C=O) groups is 2. The Kier molecular flexibility index (Phi) is 6.58. The third kappa shape index (κ3) is 4.39. The van der Waals surface area contributed by atoms with E-state index < -0.39 is 90.8 Å². The Balaban J connectivity index is 3.14. The Bertz CT molecular complexity index is 1240. The second kappa shape index (κ2) is 8.44. The van der Waals surface area contributed by atoms with Gasteiger partial charge in [0.05, 0.1) is 13.0 Å². The van der Waals surface area contributed by atoms with Crippen LogP contribution in [0.2, 0.25) is 0 Å². The largest absolute Gasteiger partial charge is 0.494 e. The first-order valence-corrected chi connectivity index (χ1v) is 11.1. The van der Waals surface area contributed by atoms with Crippen molar-refractivity contribution in [1.29, 1.82) is 0 Å². The monoisotopic (exact) mass is 516 g/mol. The molecule has 8 N–H and O–H groups in total. The molecule has 2 aromatic heterocycles. The molecule has 0 bridgehead atoms. The molecular formula is C14H16N2O15S2. The van der Waals surface area contributed by atoms with Crippen molar-refractivity contribution in [1.82, 2.24) is 9.13 Å². The lowest BCUT2D eigenvalue weighted by Gasteiger charge is -2.34. The van der Waals surface area contributed by atoms with E-state index in [0.29, 0.717) is 0 Å². The molecule has 0 unspecified atom stereocenters. The molecule has 0 atom stereocenters. The number of carboxylic acid groups (broad SMARTS) is 1. The highest BCUT2D eigenvalue weighted by molar-refractivity contribution is 7.86. The highest BCUT2D eigenvalue weighted by Crippen LogP contribution is 2.46. The number of aliphatic carboxylic acids is 1. The summed E-state index contributed by atoms with van der Waals surface area (Å²) in [6.07, 6.45) is -1.70. The summed E-state index contributed by atoms with van der Waals surface area (Å²) in [4.78, 5) is 21.7. The zero-order valence-electron chi connectivity index (χ0n) is 15.9. The fraction of sp³-hybridized carbons (Fsp3) is 0.286. The maximum atomic E-state index is 13.0. The van der Waals surface area contributed by atoms with Crippen molar-refractivity contribution in [3.8, 4) is 23.5 Å². The number of carbonyl (C=O) groups excluding carboxylic acids is 1. The number of rotatable bonds is 9. The molecule has 2 rings (SSSR count). The minimum atomic E-state index is -5.33. The molecule has 0 amide bonds. The number of aliphatic hydroxyl groups is 1. The molecule has 19 heteroatoms. The number of hydrogen-bond acceptors (Lipinski definition) is 12. The van der Waals surface area contributed by atoms with Crippen molar-refractivity contribution in [2.24, 2.45) is 0 Å². The van der Waals surface area contributed by atoms with Crippen LogP contribution in [0.25, 0.3) is 0 Å². The summed E-state index contributed by atoms with van der Waals surface area (Å²) in [6.45, 7) is -1.74. The smallest absolute Gasteiger partial charge is 0.355 e. The minimum Gasteiger partial charge on any atom is -0.494 e. The van der Waals surface area contributed by atoms with Gasteiger partial charge < -0.3 is 35.4 Å². The highest BCUT2D eigenvalue weighted by atomic mass is 32.2. The van der Waals surface area contributed by atoms with Gasteiger partial charge in [-0.15, -0.1) is 0 Å². The fourth-order valence-corrected chi connectivity index (χ4v) is 4.17. The predicted octanol–water partition coefficient (Wildman–Crippen LogP) is -2.18. The molecule has 0 fully saturated rings. The lowest BCUT2D eigenvalue weighted by atomic mass is 10.0. The van der Waals surface area contributed by atoms with Crippen LogP contribution in [0, 0.1) is 0 Å². The van der Waals surface area contributed by atoms with E-state index in [0.717, 1.165) is 0 Å². The number of carboxylic acids is 1. The third-order valence-corrected chi connectivity index (χ3v) is 5.90. The number of esters is 1. The van der Waals surface area contributed by atoms with Gasteiger partial charge in [0, 0.05) is 12.1 Å². The second-order valence-electron chi connectivity index (χ2n) is 6.25. The first-order chi connectivity index (χ1) is 15.0. The van der Waals surface area contributed by atoms with Crippen LogP contribution in [0.5, 0.6) is 23.5 Å². The van der Waals surface area contributed by atoms with Crippen LogP contribution >= 0.6 is 0 Å². The van der Waals surface area contributed by atoms with Crippen LogP contribution in [0.4, 0.5) is 0 Å². The normalized spacial score (nSPS) is 12.6. The van der Waals surface area contributed by atoms with Gasteiger partial charge in [0.15, 0.2) is 21.6 Å². The van der Waals surface area contributed by atoms with Gasteiger partial charge >= 0.3 is 11.9 Å². The maximum absolute atomic E-state index is 13.0. The quantitative estimate of drug-likeness (QED) is 0.130. The lowest BCUT2D eigenvalue weighted by Crippen LogP contribution is -2.50. The predicted molar refractivity (Wildman–Crippen MR) is 98.8 cm³/mol. The Morgan fingerprint density at radius 1 is 0.879 bits per heavy atom. The molecule has 2 aromatic rings. The number of nitrogens with zero attached hydrogens (tertiary/aromatic N) is 2. The van der Waals surface area contributed by atoms with E-state index in [1.807, 2.05) is 0 Å². The number of aliphatic hydroxyl groups excluding tert-OH is 1. The van der Waals surface area contributed by atoms with Gasteiger partial charge in [0.25, 0.3) is 20.2 Å². The Morgan fingerprint density at radius 3 is 1.55 bits per heavy atom. The van der Waals surface area contributed by atoms with E-state index in [9.17, 15) is 61.1 Å². The van der Waals surface area contributed by atoms with Crippen LogP contribution < -0.4 is 0 Å². The summed E-state index contributed by atoms with van der Waals surface area (Å²) in [5.74, 6) is -10.2. The first kappa shape index (κ1) is 25.7. The second-order valence-corrected chi connectivity index (χ2v) is 9.03. The Labute approximate surface area is 183 Å². The average Bonchev–Trinajstić information content (AvgIpc) is 3.13. The van der Waals surface area contributed by atoms with Crippen LogP contribution in [0.15, 0.2) is 21.9 Å². The Hall–Kier alpha value is -3.52. The molecule has 0 spiro atoms. The molecule has 2 heterocycles. The minimum absolute atomic E-state index is 0.155. The summed E-state index contributed by atoms with van der Waals surface area (Å²) in [5.41, 5.74) is -3.44. The maximum Gasteiger partial charge on any atom is 0.355 e. The number of aromatic hydroxyl groups is 4. The van der Waals surface area contributed by atoms with Gasteiger partial charge in [-0.3, -0.25) is 13.9 Å². The van der Waals surface area contributed by atoms with Crippen molar-refractivity contribution in [2.75, 3.05) is 13.2 Å². The average molecular weight is 516 g/mol. The SMILES string of the molecule is O=C(O)CC(C(=O)OCCO)(n1c(O)cc(S(=O)(=O)O)c1O)n1c(O)cc(S(=O)(=O)O)c1O. The molecule has 0 aliphatic heterocycles. The van der Waals surface area contributed by atoms with E-state index in [4.69, 9.17) is 5.11 Å². The summed E-state index contributed by atoms with van der Waals surface area (Å²) in [5, 5.41) is 59.5. The van der Waals surface area contributed by atoms with E-state index >= 15 is 0 Å². The van der Waals surface area contributed by atoms with Gasteiger partial charge in [-0.05, 0) is 0 Å². The van der Waals surface area contributed by atoms with E-state index in [-0.39, 0.29) is 21.3 Å². The van der Waals surface area contributed by atoms with Crippen molar-refractivity contribution < 1.29 is 70.9 Å². The van der Waals surface area contributed by atoms with Gasteiger partial charge in [0.2, 0.25) is 17.4 Å². The zero-order valence-corrected chi connectivity index (χ0v) is 17.6. The topological polar surface area (TPSA) is 283 Å². The summed E-state index contributed by atoms with van der Waals surface area (Å²) < 4.78 is 68.7. The fourth-order valence-electron chi connectivity index (χ4n) is 3.02. The molecule has 0 radical (unpaired) electrons. The zero-order chi connectivity index (χ0) is 25.5. The van der Waals surface area contributed by atoms with Crippen LogP contribution in [-0.2, 0) is 40.2 Å². The molecule has 0 aliphatic rings. The van der Waals surface area contributed by atoms with Gasteiger partial charge in [-0.2, -0.15) is 16.8 Å². The third-order valence-electron chi connectivity index (χ3n) is 4.19. The van der Waals surface area contributed by atoms with Crippen LogP contribution in [-0.4, -0.2) is 90.9 Å². The first-order valence-electron chi connectivity index (χ1n) is 8.23. The summed E-state index contributed by atoms with van der Waals surface area (Å²) in [6, 6.07) is 0.309. The van der Waals surface area contributed by atoms with Gasteiger partial charge in [-0.25, -0.2) is 13.9 Å². The van der Waals surface area contributed by atoms with Crippen LogP contribution in [0.1, 0.15) is 6.42 Å². The summed E-state index contributed by atoms with van der Waals surface area (Å²) >= 11 is 0. The van der Waals surface area contributed by atoms with Gasteiger partial charge in [0.1, 0.15) is 6.61 Å². The molecule has 0 saturated carbocycles. The molecule has 184 valence electrons. The van der Waals surface area contributed by atoms with Crippen LogP contribution in [0.3, 0.4) is 0 Å². The molecule has 17 nitrogen and oxygen atoms in total. The van der Waals surface area contributed by atoms with E-state index in [2.05, 4.69) is 4.74 Å². The lowest BCUT2D eigenvalue weighted by molar-refractivity contribution is -0.163. The number of hydrogen-bond donors (Lipinski definition) is 8. The molecule has 0 saturated heterocycles. The number of aromatic nitrogens is 2. The molecule has 0 aromatic carbocycles. The van der Waals surface area contributed by atoms with Crippen molar-refractivity contribution >= 4 is 32.2 Å². The molecule has 0 aliphatic carbocycles. The van der Waals surface area contributed by atoms with E-state index in [1.165, 1.54) is 0 Å².